The molecule has 0 aromatic rings. The van der Waals surface area contributed by atoms with Crippen molar-refractivity contribution in [2.75, 3.05) is 32.7 Å². The van der Waals surface area contributed by atoms with Crippen molar-refractivity contribution < 1.29 is 4.79 Å². The van der Waals surface area contributed by atoms with Crippen molar-refractivity contribution in [2.45, 2.75) is 64.2 Å². The Morgan fingerprint density at radius 3 is 2.29 bits per heavy atom. The van der Waals surface area contributed by atoms with E-state index >= 15 is 0 Å². The second-order valence-corrected chi connectivity index (χ2v) is 6.73. The molecule has 0 atom stereocenters. The van der Waals surface area contributed by atoms with Gasteiger partial charge in [-0.05, 0) is 57.7 Å². The number of urea groups is 1. The van der Waals surface area contributed by atoms with E-state index in [9.17, 15) is 4.79 Å². The van der Waals surface area contributed by atoms with Crippen LogP contribution in [0.3, 0.4) is 0 Å². The van der Waals surface area contributed by atoms with Gasteiger partial charge in [-0.15, -0.1) is 0 Å². The summed E-state index contributed by atoms with van der Waals surface area (Å²) < 4.78 is 0. The van der Waals surface area contributed by atoms with Gasteiger partial charge in [0.2, 0.25) is 0 Å². The fourth-order valence-corrected chi connectivity index (χ4v) is 3.64. The lowest BCUT2D eigenvalue weighted by molar-refractivity contribution is 0.222. The molecule has 1 heterocycles. The summed E-state index contributed by atoms with van der Waals surface area (Å²) >= 11 is 0. The predicted molar refractivity (Wildman–Crippen MR) is 87.5 cm³/mol. The molecule has 0 aromatic carbocycles. The lowest BCUT2D eigenvalue weighted by atomic mass is 10.0. The van der Waals surface area contributed by atoms with Crippen LogP contribution in [0.5, 0.6) is 0 Å². The maximum atomic E-state index is 11.7. The van der Waals surface area contributed by atoms with Crippen LogP contribution in [0.2, 0.25) is 0 Å². The molecule has 2 fully saturated rings. The molecule has 0 unspecified atom stereocenters. The third-order valence-electron chi connectivity index (χ3n) is 4.93. The summed E-state index contributed by atoms with van der Waals surface area (Å²) in [4.78, 5) is 14.2. The Labute approximate surface area is 130 Å². The number of carbonyl (C=O) groups excluding carboxylic acids is 1. The van der Waals surface area contributed by atoms with E-state index in [1.807, 2.05) is 0 Å². The highest BCUT2D eigenvalue weighted by atomic mass is 16.2. The molecule has 2 amide bonds. The first-order valence-corrected chi connectivity index (χ1v) is 9.08. The van der Waals surface area contributed by atoms with Gasteiger partial charge in [0, 0.05) is 13.1 Å². The maximum absolute atomic E-state index is 11.7. The van der Waals surface area contributed by atoms with Crippen LogP contribution in [0.25, 0.3) is 0 Å². The van der Waals surface area contributed by atoms with E-state index in [1.54, 1.807) is 0 Å². The van der Waals surface area contributed by atoms with E-state index in [0.717, 1.165) is 38.4 Å². The molecule has 0 bridgehead atoms. The standard InChI is InChI=1S/C17H33N3O/c21-17(18-11-6-10-16-8-2-3-9-16)19-12-7-15-20-13-4-1-5-14-20/h16H,1-15H2,(H2,18,19,21). The van der Waals surface area contributed by atoms with Crippen LogP contribution in [-0.4, -0.2) is 43.7 Å². The van der Waals surface area contributed by atoms with Crippen LogP contribution in [0.1, 0.15) is 64.2 Å². The smallest absolute Gasteiger partial charge is 0.314 e. The molecule has 0 spiro atoms. The van der Waals surface area contributed by atoms with Gasteiger partial charge in [-0.3, -0.25) is 0 Å². The topological polar surface area (TPSA) is 44.4 Å². The van der Waals surface area contributed by atoms with Gasteiger partial charge in [0.05, 0.1) is 0 Å². The number of nitrogens with one attached hydrogen (secondary N) is 2. The molecule has 1 aliphatic heterocycles. The predicted octanol–water partition coefficient (Wildman–Crippen LogP) is 3.13. The Morgan fingerprint density at radius 1 is 0.905 bits per heavy atom. The zero-order valence-electron chi connectivity index (χ0n) is 13.5. The lowest BCUT2D eigenvalue weighted by Gasteiger charge is -2.26. The van der Waals surface area contributed by atoms with Crippen molar-refractivity contribution in [2.24, 2.45) is 5.92 Å². The van der Waals surface area contributed by atoms with Crippen molar-refractivity contribution in [3.8, 4) is 0 Å². The summed E-state index contributed by atoms with van der Waals surface area (Å²) in [5, 5.41) is 5.96. The fraction of sp³-hybridized carbons (Fsp3) is 0.941. The molecular formula is C17H33N3O. The lowest BCUT2D eigenvalue weighted by Crippen LogP contribution is -2.38. The zero-order chi connectivity index (χ0) is 14.8. The van der Waals surface area contributed by atoms with E-state index in [2.05, 4.69) is 15.5 Å². The first-order chi connectivity index (χ1) is 10.3. The summed E-state index contributed by atoms with van der Waals surface area (Å²) in [5.74, 6) is 0.930. The number of amides is 2. The number of nitrogens with zero attached hydrogens (tertiary/aromatic N) is 1. The Morgan fingerprint density at radius 2 is 1.57 bits per heavy atom. The number of hydrogen-bond acceptors (Lipinski definition) is 2. The molecule has 21 heavy (non-hydrogen) atoms. The van der Waals surface area contributed by atoms with E-state index in [-0.39, 0.29) is 6.03 Å². The molecule has 4 nitrogen and oxygen atoms in total. The molecule has 2 rings (SSSR count). The van der Waals surface area contributed by atoms with Crippen LogP contribution in [0, 0.1) is 5.92 Å². The molecule has 0 radical (unpaired) electrons. The molecule has 2 aliphatic rings. The Balaban J connectivity index is 1.38. The SMILES string of the molecule is O=C(NCCCC1CCCC1)NCCCN1CCCCC1. The largest absolute Gasteiger partial charge is 0.338 e. The number of carbonyl (C=O) groups is 1. The second kappa shape index (κ2) is 10.0. The summed E-state index contributed by atoms with van der Waals surface area (Å²) in [6, 6.07) is 0.0140. The van der Waals surface area contributed by atoms with Gasteiger partial charge < -0.3 is 15.5 Å². The fourth-order valence-electron chi connectivity index (χ4n) is 3.64. The zero-order valence-corrected chi connectivity index (χ0v) is 13.5. The normalized spacial score (nSPS) is 20.6. The Kier molecular flexibility index (Phi) is 7.94. The molecule has 1 saturated heterocycles. The molecular weight excluding hydrogens is 262 g/mol. The monoisotopic (exact) mass is 295 g/mol. The molecule has 4 heteroatoms. The molecule has 0 aromatic heterocycles. The Bertz CT molecular complexity index is 284. The summed E-state index contributed by atoms with van der Waals surface area (Å²) in [6.07, 6.45) is 13.2. The van der Waals surface area contributed by atoms with Crippen LogP contribution in [0.4, 0.5) is 4.79 Å². The molecule has 2 N–H and O–H groups in total. The average Bonchev–Trinajstić information content (AvgIpc) is 3.02. The minimum absolute atomic E-state index is 0.0140. The third-order valence-corrected chi connectivity index (χ3v) is 4.93. The highest BCUT2D eigenvalue weighted by Crippen LogP contribution is 2.28. The van der Waals surface area contributed by atoms with Gasteiger partial charge in [0.1, 0.15) is 0 Å². The van der Waals surface area contributed by atoms with E-state index in [4.69, 9.17) is 0 Å². The van der Waals surface area contributed by atoms with Crippen molar-refractivity contribution >= 4 is 6.03 Å². The Hall–Kier alpha value is -0.770. The maximum Gasteiger partial charge on any atom is 0.314 e. The minimum atomic E-state index is 0.0140. The van der Waals surface area contributed by atoms with Crippen molar-refractivity contribution in [1.29, 1.82) is 0 Å². The van der Waals surface area contributed by atoms with Crippen molar-refractivity contribution in [1.82, 2.24) is 15.5 Å². The van der Waals surface area contributed by atoms with Gasteiger partial charge in [-0.25, -0.2) is 4.79 Å². The van der Waals surface area contributed by atoms with Gasteiger partial charge in [-0.1, -0.05) is 32.1 Å². The first-order valence-electron chi connectivity index (χ1n) is 9.08. The first kappa shape index (κ1) is 16.6. The number of rotatable bonds is 8. The van der Waals surface area contributed by atoms with Crippen LogP contribution >= 0.6 is 0 Å². The quantitative estimate of drug-likeness (QED) is 0.676. The summed E-state index contributed by atoms with van der Waals surface area (Å²) in [5.41, 5.74) is 0. The highest BCUT2D eigenvalue weighted by molar-refractivity contribution is 5.73. The minimum Gasteiger partial charge on any atom is -0.338 e. The number of hydrogen-bond donors (Lipinski definition) is 2. The van der Waals surface area contributed by atoms with Crippen molar-refractivity contribution in [3.63, 3.8) is 0 Å². The average molecular weight is 295 g/mol. The number of likely N-dealkylation sites (tertiary alicyclic amines) is 1. The van der Waals surface area contributed by atoms with E-state index in [1.165, 1.54) is 64.5 Å². The summed E-state index contributed by atoms with van der Waals surface area (Å²) in [6.45, 7) is 5.24. The van der Waals surface area contributed by atoms with Crippen LogP contribution in [-0.2, 0) is 0 Å². The van der Waals surface area contributed by atoms with Gasteiger partial charge in [0.15, 0.2) is 0 Å². The van der Waals surface area contributed by atoms with Crippen LogP contribution in [0.15, 0.2) is 0 Å². The van der Waals surface area contributed by atoms with Crippen molar-refractivity contribution in [3.05, 3.63) is 0 Å². The molecule has 1 aliphatic carbocycles. The number of piperidine rings is 1. The second-order valence-electron chi connectivity index (χ2n) is 6.73. The third kappa shape index (κ3) is 7.16. The van der Waals surface area contributed by atoms with E-state index < -0.39 is 0 Å². The molecule has 122 valence electrons. The van der Waals surface area contributed by atoms with Gasteiger partial charge in [0.25, 0.3) is 0 Å². The highest BCUT2D eigenvalue weighted by Gasteiger charge is 2.14. The van der Waals surface area contributed by atoms with E-state index in [0.29, 0.717) is 0 Å². The van der Waals surface area contributed by atoms with Gasteiger partial charge >= 0.3 is 6.03 Å². The van der Waals surface area contributed by atoms with Crippen LogP contribution < -0.4 is 10.6 Å². The molecule has 1 saturated carbocycles. The van der Waals surface area contributed by atoms with Gasteiger partial charge in [-0.2, -0.15) is 0 Å². The summed E-state index contributed by atoms with van der Waals surface area (Å²) in [7, 11) is 0.